The van der Waals surface area contributed by atoms with Crippen LogP contribution in [0.25, 0.3) is 0 Å². The zero-order valence-corrected chi connectivity index (χ0v) is 12.8. The number of aryl methyl sites for hydroxylation is 1. The van der Waals surface area contributed by atoms with Gasteiger partial charge in [0.05, 0.1) is 0 Å². The number of rotatable bonds is 4. The zero-order valence-electron chi connectivity index (χ0n) is 12.0. The molecule has 0 radical (unpaired) electrons. The van der Waals surface area contributed by atoms with Gasteiger partial charge in [0.2, 0.25) is 0 Å². The van der Waals surface area contributed by atoms with Crippen molar-refractivity contribution in [3.05, 3.63) is 15.8 Å². The fourth-order valence-corrected chi connectivity index (χ4v) is 4.54. The van der Waals surface area contributed by atoms with E-state index in [4.69, 9.17) is 4.74 Å². The van der Waals surface area contributed by atoms with Crippen molar-refractivity contribution >= 4 is 17.3 Å². The maximum Gasteiger partial charge on any atom is 0.349 e. The first-order valence-electron chi connectivity index (χ1n) is 7.67. The summed E-state index contributed by atoms with van der Waals surface area (Å²) in [7, 11) is 0. The third kappa shape index (κ3) is 2.34. The summed E-state index contributed by atoms with van der Waals surface area (Å²) in [5, 5.41) is 9.31. The molecule has 0 aliphatic heterocycles. The van der Waals surface area contributed by atoms with E-state index in [0.29, 0.717) is 16.0 Å². The molecule has 110 valence electrons. The fraction of sp³-hybridized carbons (Fsp3) is 0.688. The van der Waals surface area contributed by atoms with Crippen LogP contribution in [0.2, 0.25) is 0 Å². The Balaban J connectivity index is 1.77. The topological polar surface area (TPSA) is 46.5 Å². The minimum Gasteiger partial charge on any atom is -0.488 e. The molecule has 2 aliphatic rings. The van der Waals surface area contributed by atoms with Crippen molar-refractivity contribution in [2.75, 3.05) is 0 Å². The molecule has 0 bridgehead atoms. The smallest absolute Gasteiger partial charge is 0.349 e. The van der Waals surface area contributed by atoms with Crippen molar-refractivity contribution in [1.29, 1.82) is 0 Å². The summed E-state index contributed by atoms with van der Waals surface area (Å²) in [5.74, 6) is -0.254. The van der Waals surface area contributed by atoms with Crippen LogP contribution >= 0.6 is 11.3 Å². The highest BCUT2D eigenvalue weighted by Gasteiger charge is 2.48. The number of hydrogen-bond donors (Lipinski definition) is 1. The first kappa shape index (κ1) is 13.9. The highest BCUT2D eigenvalue weighted by molar-refractivity contribution is 7.14. The van der Waals surface area contributed by atoms with Crippen LogP contribution in [-0.4, -0.2) is 17.2 Å². The Kier molecular flexibility index (Phi) is 3.76. The molecule has 3 nitrogen and oxygen atoms in total. The Bertz CT molecular complexity index is 500. The van der Waals surface area contributed by atoms with Crippen LogP contribution in [0.4, 0.5) is 0 Å². The van der Waals surface area contributed by atoms with Gasteiger partial charge in [0.25, 0.3) is 0 Å². The van der Waals surface area contributed by atoms with Gasteiger partial charge >= 0.3 is 5.97 Å². The van der Waals surface area contributed by atoms with E-state index >= 15 is 0 Å². The van der Waals surface area contributed by atoms with Crippen molar-refractivity contribution in [1.82, 2.24) is 0 Å². The van der Waals surface area contributed by atoms with E-state index in [0.717, 1.165) is 17.7 Å². The highest BCUT2D eigenvalue weighted by Crippen LogP contribution is 2.53. The Hall–Kier alpha value is -1.03. The number of thiophene rings is 1. The van der Waals surface area contributed by atoms with Gasteiger partial charge in [-0.15, -0.1) is 11.3 Å². The van der Waals surface area contributed by atoms with Gasteiger partial charge in [-0.05, 0) is 38.2 Å². The molecule has 2 fully saturated rings. The third-order valence-corrected chi connectivity index (χ3v) is 6.25. The van der Waals surface area contributed by atoms with E-state index in [1.165, 1.54) is 49.9 Å². The number of aromatic carboxylic acids is 1. The summed E-state index contributed by atoms with van der Waals surface area (Å²) < 4.78 is 6.15. The largest absolute Gasteiger partial charge is 0.488 e. The molecule has 0 saturated heterocycles. The lowest BCUT2D eigenvalue weighted by Gasteiger charge is -2.51. The Morgan fingerprint density at radius 1 is 1.40 bits per heavy atom. The molecule has 20 heavy (non-hydrogen) atoms. The van der Waals surface area contributed by atoms with E-state index in [1.54, 1.807) is 0 Å². The van der Waals surface area contributed by atoms with Gasteiger partial charge in [-0.3, -0.25) is 0 Å². The van der Waals surface area contributed by atoms with Crippen molar-refractivity contribution < 1.29 is 14.6 Å². The SMILES string of the molecule is CCc1cc(OC2CCC23CCCCC3)c(C(=O)O)s1. The molecule has 3 rings (SSSR count). The summed E-state index contributed by atoms with van der Waals surface area (Å²) in [5.41, 5.74) is 0.350. The number of hydrogen-bond acceptors (Lipinski definition) is 3. The quantitative estimate of drug-likeness (QED) is 0.889. The Morgan fingerprint density at radius 3 is 2.70 bits per heavy atom. The van der Waals surface area contributed by atoms with Crippen LogP contribution < -0.4 is 4.74 Å². The van der Waals surface area contributed by atoms with Crippen molar-refractivity contribution in [2.24, 2.45) is 5.41 Å². The van der Waals surface area contributed by atoms with Crippen LogP contribution in [0.5, 0.6) is 5.75 Å². The van der Waals surface area contributed by atoms with Gasteiger partial charge in [-0.25, -0.2) is 4.79 Å². The van der Waals surface area contributed by atoms with Crippen molar-refractivity contribution in [3.63, 3.8) is 0 Å². The third-order valence-electron chi connectivity index (χ3n) is 5.00. The number of carbonyl (C=O) groups is 1. The molecule has 1 heterocycles. The van der Waals surface area contributed by atoms with Gasteiger partial charge in [0, 0.05) is 10.3 Å². The van der Waals surface area contributed by atoms with Crippen LogP contribution in [0.3, 0.4) is 0 Å². The monoisotopic (exact) mass is 294 g/mol. The van der Waals surface area contributed by atoms with Gasteiger partial charge < -0.3 is 9.84 Å². The zero-order chi connectivity index (χ0) is 14.2. The highest BCUT2D eigenvalue weighted by atomic mass is 32.1. The fourth-order valence-electron chi connectivity index (χ4n) is 3.67. The van der Waals surface area contributed by atoms with Crippen LogP contribution in [0, 0.1) is 5.41 Å². The summed E-state index contributed by atoms with van der Waals surface area (Å²) in [4.78, 5) is 12.8. The number of carboxylic acids is 1. The maximum atomic E-state index is 11.3. The molecule has 1 spiro atoms. The first-order valence-corrected chi connectivity index (χ1v) is 8.49. The number of carboxylic acid groups (broad SMARTS) is 1. The first-order chi connectivity index (χ1) is 9.64. The maximum absolute atomic E-state index is 11.3. The summed E-state index contributed by atoms with van der Waals surface area (Å²) in [6.07, 6.45) is 9.89. The van der Waals surface area contributed by atoms with E-state index in [2.05, 4.69) is 0 Å². The molecule has 2 saturated carbocycles. The summed E-state index contributed by atoms with van der Waals surface area (Å²) in [6, 6.07) is 1.93. The van der Waals surface area contributed by atoms with Crippen LogP contribution in [0.1, 0.15) is 66.4 Å². The van der Waals surface area contributed by atoms with Gasteiger partial charge in [0.1, 0.15) is 11.9 Å². The Morgan fingerprint density at radius 2 is 2.15 bits per heavy atom. The molecule has 1 aromatic rings. The lowest BCUT2D eigenvalue weighted by atomic mass is 9.58. The molecule has 4 heteroatoms. The lowest BCUT2D eigenvalue weighted by Crippen LogP contribution is -2.49. The van der Waals surface area contributed by atoms with E-state index in [1.807, 2.05) is 13.0 Å². The van der Waals surface area contributed by atoms with E-state index in [9.17, 15) is 9.90 Å². The molecule has 2 aliphatic carbocycles. The summed E-state index contributed by atoms with van der Waals surface area (Å²) in [6.45, 7) is 2.05. The second-order valence-electron chi connectivity index (χ2n) is 6.13. The van der Waals surface area contributed by atoms with Crippen LogP contribution in [0.15, 0.2) is 6.07 Å². The van der Waals surface area contributed by atoms with Crippen molar-refractivity contribution in [3.8, 4) is 5.75 Å². The van der Waals surface area contributed by atoms with Gasteiger partial charge in [0.15, 0.2) is 4.88 Å². The second kappa shape index (κ2) is 5.40. The van der Waals surface area contributed by atoms with Crippen molar-refractivity contribution in [2.45, 2.75) is 64.4 Å². The summed E-state index contributed by atoms with van der Waals surface area (Å²) >= 11 is 1.35. The average Bonchev–Trinajstić information content (AvgIpc) is 2.88. The molecule has 0 aromatic carbocycles. The predicted molar refractivity (Wildman–Crippen MR) is 79.8 cm³/mol. The molecular formula is C16H22O3S. The Labute approximate surface area is 124 Å². The molecule has 1 atom stereocenters. The molecule has 0 amide bonds. The minimum atomic E-state index is -0.860. The standard InChI is InChI=1S/C16H22O3S/c1-2-11-10-12(14(20-11)15(17)18)19-13-6-9-16(13)7-4-3-5-8-16/h10,13H,2-9H2,1H3,(H,17,18). The van der Waals surface area contributed by atoms with Gasteiger partial charge in [-0.1, -0.05) is 26.2 Å². The normalized spacial score (nSPS) is 24.4. The molecule has 1 unspecified atom stereocenters. The molecule has 1 aromatic heterocycles. The molecule has 1 N–H and O–H groups in total. The second-order valence-corrected chi connectivity index (χ2v) is 7.27. The lowest BCUT2D eigenvalue weighted by molar-refractivity contribution is -0.0704. The van der Waals surface area contributed by atoms with Gasteiger partial charge in [-0.2, -0.15) is 0 Å². The number of ether oxygens (including phenoxy) is 1. The minimum absolute atomic E-state index is 0.236. The van der Waals surface area contributed by atoms with E-state index in [-0.39, 0.29) is 6.10 Å². The average molecular weight is 294 g/mol. The van der Waals surface area contributed by atoms with E-state index < -0.39 is 5.97 Å². The van der Waals surface area contributed by atoms with Crippen LogP contribution in [-0.2, 0) is 6.42 Å². The molecular weight excluding hydrogens is 272 g/mol. The predicted octanol–water partition coefficient (Wildman–Crippen LogP) is 4.50.